The van der Waals surface area contributed by atoms with Gasteiger partial charge in [0, 0.05) is 0 Å². The topological polar surface area (TPSA) is 0 Å². The average Bonchev–Trinajstić information content (AvgIpc) is 2.55. The van der Waals surface area contributed by atoms with Crippen LogP contribution in [0.3, 0.4) is 0 Å². The van der Waals surface area contributed by atoms with Crippen LogP contribution in [-0.4, -0.2) is 0 Å². The van der Waals surface area contributed by atoms with Gasteiger partial charge in [-0.15, -0.1) is 13.2 Å². The number of hydrogen-bond donors (Lipinski definition) is 0. The van der Waals surface area contributed by atoms with E-state index in [1.165, 1.54) is 96.3 Å². The summed E-state index contributed by atoms with van der Waals surface area (Å²) < 4.78 is 0. The largest absolute Gasteiger partial charge is 0.103 e. The van der Waals surface area contributed by atoms with Crippen LogP contribution in [0.5, 0.6) is 0 Å². The van der Waals surface area contributed by atoms with Crippen LogP contribution in [0.1, 0.15) is 116 Å². The summed E-state index contributed by atoms with van der Waals surface area (Å²) in [5, 5.41) is 0. The Morgan fingerprint density at radius 3 is 1.26 bits per heavy atom. The van der Waals surface area contributed by atoms with Crippen LogP contribution in [0.2, 0.25) is 0 Å². The first kappa shape index (κ1) is 22.5. The molecule has 0 saturated carbocycles. The summed E-state index contributed by atoms with van der Waals surface area (Å²) in [7, 11) is 0. The van der Waals surface area contributed by atoms with Crippen molar-refractivity contribution in [1.82, 2.24) is 0 Å². The van der Waals surface area contributed by atoms with E-state index in [4.69, 9.17) is 0 Å². The molecule has 0 unspecified atom stereocenters. The average molecular weight is 321 g/mol. The van der Waals surface area contributed by atoms with Gasteiger partial charge in [-0.05, 0) is 25.2 Å². The van der Waals surface area contributed by atoms with Crippen molar-refractivity contribution in [3.05, 3.63) is 25.3 Å². The van der Waals surface area contributed by atoms with Gasteiger partial charge in [0.2, 0.25) is 0 Å². The van der Waals surface area contributed by atoms with Crippen molar-refractivity contribution < 1.29 is 0 Å². The molecule has 0 aromatic carbocycles. The molecule has 0 aromatic rings. The van der Waals surface area contributed by atoms with Crippen LogP contribution in [0.25, 0.3) is 0 Å². The van der Waals surface area contributed by atoms with Gasteiger partial charge in [-0.1, -0.05) is 109 Å². The summed E-state index contributed by atoms with van der Waals surface area (Å²) in [4.78, 5) is 0. The highest BCUT2D eigenvalue weighted by Gasteiger charge is 2.04. The Balaban J connectivity index is 3.18. The second-order valence-corrected chi connectivity index (χ2v) is 7.30. The highest BCUT2D eigenvalue weighted by molar-refractivity contribution is 4.79. The second kappa shape index (κ2) is 19.5. The van der Waals surface area contributed by atoms with Gasteiger partial charge in [0.05, 0.1) is 0 Å². The minimum absolute atomic E-state index is 0.794. The molecule has 0 aromatic heterocycles. The third-order valence-electron chi connectivity index (χ3n) is 4.97. The van der Waals surface area contributed by atoms with E-state index in [2.05, 4.69) is 32.2 Å². The third-order valence-corrected chi connectivity index (χ3v) is 4.97. The summed E-state index contributed by atoms with van der Waals surface area (Å²) >= 11 is 0. The fourth-order valence-corrected chi connectivity index (χ4v) is 3.43. The molecule has 0 rings (SSSR count). The lowest BCUT2D eigenvalue weighted by Crippen LogP contribution is -1.97. The zero-order valence-corrected chi connectivity index (χ0v) is 16.2. The Bertz CT molecular complexity index is 230. The van der Waals surface area contributed by atoms with Crippen molar-refractivity contribution in [3.63, 3.8) is 0 Å². The van der Waals surface area contributed by atoms with E-state index >= 15 is 0 Å². The molecule has 0 nitrogen and oxygen atoms in total. The SMILES string of the molecule is C=CCC(CC=C)CCCCCCCCCCCCCCCC. The fourth-order valence-electron chi connectivity index (χ4n) is 3.43. The number of hydrogen-bond acceptors (Lipinski definition) is 0. The Morgan fingerprint density at radius 2 is 0.913 bits per heavy atom. The minimum atomic E-state index is 0.794. The van der Waals surface area contributed by atoms with E-state index in [9.17, 15) is 0 Å². The number of allylic oxidation sites excluding steroid dienone is 2. The summed E-state index contributed by atoms with van der Waals surface area (Å²) in [6.45, 7) is 10.0. The van der Waals surface area contributed by atoms with Crippen molar-refractivity contribution in [3.8, 4) is 0 Å². The van der Waals surface area contributed by atoms with E-state index < -0.39 is 0 Å². The van der Waals surface area contributed by atoms with Crippen molar-refractivity contribution in [1.29, 1.82) is 0 Å². The van der Waals surface area contributed by atoms with Crippen LogP contribution in [0.4, 0.5) is 0 Å². The maximum Gasteiger partial charge on any atom is -0.0322 e. The van der Waals surface area contributed by atoms with Gasteiger partial charge in [-0.3, -0.25) is 0 Å². The van der Waals surface area contributed by atoms with Crippen LogP contribution < -0.4 is 0 Å². The van der Waals surface area contributed by atoms with E-state index in [-0.39, 0.29) is 0 Å². The predicted octanol–water partition coefficient (Wildman–Crippen LogP) is 8.63. The first-order valence-corrected chi connectivity index (χ1v) is 10.6. The Kier molecular flexibility index (Phi) is 19.1. The maximum atomic E-state index is 3.87. The molecule has 0 atom stereocenters. The lowest BCUT2D eigenvalue weighted by molar-refractivity contribution is 0.456. The van der Waals surface area contributed by atoms with Crippen molar-refractivity contribution in [2.75, 3.05) is 0 Å². The van der Waals surface area contributed by atoms with E-state index in [0.29, 0.717) is 0 Å². The molecule has 136 valence electrons. The maximum absolute atomic E-state index is 3.87. The predicted molar refractivity (Wildman–Crippen MR) is 108 cm³/mol. The molecule has 0 bridgehead atoms. The normalized spacial score (nSPS) is 11.0. The van der Waals surface area contributed by atoms with Gasteiger partial charge in [0.15, 0.2) is 0 Å². The molecule has 0 heterocycles. The second-order valence-electron chi connectivity index (χ2n) is 7.30. The van der Waals surface area contributed by atoms with Crippen LogP contribution >= 0.6 is 0 Å². The molecule has 0 amide bonds. The molecule has 0 aliphatic carbocycles. The van der Waals surface area contributed by atoms with E-state index in [1.54, 1.807) is 0 Å². The highest BCUT2D eigenvalue weighted by atomic mass is 14.1. The number of unbranched alkanes of at least 4 members (excludes halogenated alkanes) is 13. The summed E-state index contributed by atoms with van der Waals surface area (Å²) in [5.74, 6) is 0.794. The summed E-state index contributed by atoms with van der Waals surface area (Å²) in [6.07, 6.45) is 28.0. The van der Waals surface area contributed by atoms with Gasteiger partial charge in [0.1, 0.15) is 0 Å². The molecule has 0 saturated heterocycles. The molecule has 0 aliphatic heterocycles. The zero-order valence-electron chi connectivity index (χ0n) is 16.2. The molecule has 0 aliphatic rings. The van der Waals surface area contributed by atoms with Gasteiger partial charge < -0.3 is 0 Å². The van der Waals surface area contributed by atoms with Crippen LogP contribution in [0, 0.1) is 5.92 Å². The van der Waals surface area contributed by atoms with Gasteiger partial charge in [0.25, 0.3) is 0 Å². The summed E-state index contributed by atoms with van der Waals surface area (Å²) in [6, 6.07) is 0. The van der Waals surface area contributed by atoms with Crippen molar-refractivity contribution in [2.45, 2.75) is 116 Å². The van der Waals surface area contributed by atoms with Crippen LogP contribution in [0.15, 0.2) is 25.3 Å². The monoisotopic (exact) mass is 320 g/mol. The molecule has 0 fully saturated rings. The Labute approximate surface area is 147 Å². The standard InChI is InChI=1S/C23H44/c1-4-7-8-9-10-11-12-13-14-15-16-17-18-19-22-23(20-5-2)21-6-3/h5-6,23H,2-4,7-22H2,1H3. The first-order chi connectivity index (χ1) is 11.3. The van der Waals surface area contributed by atoms with Crippen LogP contribution in [-0.2, 0) is 0 Å². The third kappa shape index (κ3) is 17.7. The Hall–Kier alpha value is -0.520. The lowest BCUT2D eigenvalue weighted by Gasteiger charge is -2.12. The smallest absolute Gasteiger partial charge is 0.0322 e. The minimum Gasteiger partial charge on any atom is -0.103 e. The Morgan fingerprint density at radius 1 is 0.565 bits per heavy atom. The number of rotatable bonds is 19. The lowest BCUT2D eigenvalue weighted by atomic mass is 9.94. The zero-order chi connectivity index (χ0) is 17.0. The van der Waals surface area contributed by atoms with Gasteiger partial charge in [-0.25, -0.2) is 0 Å². The van der Waals surface area contributed by atoms with Gasteiger partial charge in [-0.2, -0.15) is 0 Å². The molecule has 0 radical (unpaired) electrons. The van der Waals surface area contributed by atoms with Crippen molar-refractivity contribution in [2.24, 2.45) is 5.92 Å². The molecule has 0 heteroatoms. The van der Waals surface area contributed by atoms with Crippen molar-refractivity contribution >= 4 is 0 Å². The molecule has 0 N–H and O–H groups in total. The first-order valence-electron chi connectivity index (χ1n) is 10.6. The highest BCUT2D eigenvalue weighted by Crippen LogP contribution is 2.19. The summed E-state index contributed by atoms with van der Waals surface area (Å²) in [5.41, 5.74) is 0. The van der Waals surface area contributed by atoms with E-state index in [1.807, 2.05) is 0 Å². The fraction of sp³-hybridized carbons (Fsp3) is 0.826. The quantitative estimate of drug-likeness (QED) is 0.165. The molecule has 23 heavy (non-hydrogen) atoms. The molecular weight excluding hydrogens is 276 g/mol. The molecular formula is C23H44. The molecule has 0 spiro atoms. The van der Waals surface area contributed by atoms with Gasteiger partial charge >= 0.3 is 0 Å². The van der Waals surface area contributed by atoms with E-state index in [0.717, 1.165) is 18.8 Å².